The first-order valence-electron chi connectivity index (χ1n) is 10.0. The number of nitrogens with zero attached hydrogens (tertiary/aromatic N) is 1. The Kier molecular flexibility index (Phi) is 5.02. The highest BCUT2D eigenvalue weighted by molar-refractivity contribution is 8.02. The average Bonchev–Trinajstić information content (AvgIpc) is 3.29. The molecule has 1 N–H and O–H groups in total. The minimum absolute atomic E-state index is 0.140. The maximum absolute atomic E-state index is 13.3. The number of rotatable bonds is 4. The van der Waals surface area contributed by atoms with Crippen molar-refractivity contribution in [2.45, 2.75) is 57.7 Å². The number of thioether (sulfide) groups is 1. The third kappa shape index (κ3) is 3.52. The highest BCUT2D eigenvalue weighted by Crippen LogP contribution is 2.51. The molecule has 1 saturated heterocycles. The monoisotopic (exact) mass is 387 g/mol. The largest absolute Gasteiger partial charge is 0.491 e. The fraction of sp³-hybridized carbons (Fsp3) is 0.591. The topological polar surface area (TPSA) is 49.8 Å². The van der Waals surface area contributed by atoms with E-state index in [0.717, 1.165) is 55.8 Å². The van der Waals surface area contributed by atoms with Gasteiger partial charge in [-0.1, -0.05) is 6.08 Å². The zero-order valence-electron chi connectivity index (χ0n) is 16.2. The summed E-state index contributed by atoms with van der Waals surface area (Å²) >= 11 is 1.78. The minimum atomic E-state index is -0.630. The molecule has 4 rings (SSSR count). The van der Waals surface area contributed by atoms with Gasteiger partial charge in [0, 0.05) is 23.9 Å². The normalized spacial score (nSPS) is 33.4. The molecule has 4 nitrogen and oxygen atoms in total. The van der Waals surface area contributed by atoms with Crippen LogP contribution in [-0.4, -0.2) is 35.0 Å². The highest BCUT2D eigenvalue weighted by atomic mass is 32.2. The summed E-state index contributed by atoms with van der Waals surface area (Å²) in [5.74, 6) is 2.27. The van der Waals surface area contributed by atoms with Crippen molar-refractivity contribution in [3.8, 4) is 5.75 Å². The second-order valence-corrected chi connectivity index (χ2v) is 9.46. The Morgan fingerprint density at radius 1 is 1.15 bits per heavy atom. The van der Waals surface area contributed by atoms with Gasteiger partial charge in [-0.15, -0.1) is 11.8 Å². The van der Waals surface area contributed by atoms with E-state index in [1.54, 1.807) is 11.8 Å². The van der Waals surface area contributed by atoms with Crippen molar-refractivity contribution >= 4 is 23.4 Å². The quantitative estimate of drug-likeness (QED) is 0.833. The van der Waals surface area contributed by atoms with Crippen LogP contribution >= 0.6 is 11.8 Å². The van der Waals surface area contributed by atoms with Crippen LogP contribution in [0.25, 0.3) is 0 Å². The number of amides is 1. The van der Waals surface area contributed by atoms with Crippen molar-refractivity contribution in [1.29, 1.82) is 0 Å². The van der Waals surface area contributed by atoms with E-state index in [0.29, 0.717) is 0 Å². The molecule has 1 aromatic carbocycles. The maximum atomic E-state index is 13.3. The summed E-state index contributed by atoms with van der Waals surface area (Å²) in [4.78, 5) is 15.2. The maximum Gasteiger partial charge on any atom is 0.233 e. The summed E-state index contributed by atoms with van der Waals surface area (Å²) in [7, 11) is 0. The molecule has 0 radical (unpaired) electrons. The first kappa shape index (κ1) is 18.9. The zero-order chi connectivity index (χ0) is 19.1. The third-order valence-corrected chi connectivity index (χ3v) is 7.38. The van der Waals surface area contributed by atoms with Crippen molar-refractivity contribution in [3.05, 3.63) is 35.7 Å². The van der Waals surface area contributed by atoms with E-state index in [-0.39, 0.29) is 23.3 Å². The molecule has 0 aromatic heterocycles. The molecule has 1 atom stereocenters. The van der Waals surface area contributed by atoms with Crippen LogP contribution in [0, 0.1) is 11.3 Å². The van der Waals surface area contributed by atoms with Crippen LogP contribution in [0.4, 0.5) is 5.69 Å². The van der Waals surface area contributed by atoms with Gasteiger partial charge in [0.15, 0.2) is 0 Å². The molecule has 146 valence electrons. The summed E-state index contributed by atoms with van der Waals surface area (Å²) in [6, 6.07) is 7.84. The van der Waals surface area contributed by atoms with Crippen molar-refractivity contribution in [1.82, 2.24) is 0 Å². The number of carbonyl (C=O) groups excluding carboxylic acids is 1. The van der Waals surface area contributed by atoms with Gasteiger partial charge in [0.2, 0.25) is 5.91 Å². The number of hydrogen-bond donors (Lipinski definition) is 1. The van der Waals surface area contributed by atoms with Gasteiger partial charge in [-0.25, -0.2) is 0 Å². The SMILES string of the molecule is CC(C)Oc1ccc(N2CCC3(CCC(O)(C4C=CSC4)CC3)C2=O)cc1. The number of ether oxygens (including phenoxy) is 1. The van der Waals surface area contributed by atoms with Crippen molar-refractivity contribution in [3.63, 3.8) is 0 Å². The molecule has 27 heavy (non-hydrogen) atoms. The van der Waals surface area contributed by atoms with Crippen molar-refractivity contribution in [2.24, 2.45) is 11.3 Å². The fourth-order valence-electron chi connectivity index (χ4n) is 4.74. The van der Waals surface area contributed by atoms with Gasteiger partial charge in [-0.3, -0.25) is 4.79 Å². The van der Waals surface area contributed by atoms with E-state index >= 15 is 0 Å². The third-order valence-electron chi connectivity index (χ3n) is 6.48. The Labute approximate surface area is 166 Å². The van der Waals surface area contributed by atoms with E-state index in [9.17, 15) is 9.90 Å². The van der Waals surface area contributed by atoms with Gasteiger partial charge in [0.25, 0.3) is 0 Å². The Balaban J connectivity index is 1.44. The van der Waals surface area contributed by atoms with Crippen LogP contribution in [0.3, 0.4) is 0 Å². The molecule has 5 heteroatoms. The van der Waals surface area contributed by atoms with E-state index in [2.05, 4.69) is 11.5 Å². The standard InChI is InChI=1S/C22H29NO3S/c1-16(2)26-19-5-3-18(4-6-19)23-13-12-21(20(23)24)8-10-22(25,11-9-21)17-7-14-27-15-17/h3-7,14,16-17,25H,8-13,15H2,1-2H3. The fourth-order valence-corrected chi connectivity index (χ4v) is 5.78. The molecule has 1 aliphatic carbocycles. The molecule has 1 amide bonds. The second kappa shape index (κ2) is 7.17. The Bertz CT molecular complexity index is 720. The molecule has 2 heterocycles. The molecular weight excluding hydrogens is 358 g/mol. The van der Waals surface area contributed by atoms with Crippen LogP contribution in [0.1, 0.15) is 46.0 Å². The van der Waals surface area contributed by atoms with Crippen molar-refractivity contribution in [2.75, 3.05) is 17.2 Å². The molecule has 1 spiro atoms. The van der Waals surface area contributed by atoms with Gasteiger partial charge >= 0.3 is 0 Å². The van der Waals surface area contributed by atoms with E-state index in [4.69, 9.17) is 4.74 Å². The number of benzene rings is 1. The Morgan fingerprint density at radius 2 is 1.85 bits per heavy atom. The number of hydrogen-bond acceptors (Lipinski definition) is 4. The van der Waals surface area contributed by atoms with Crippen LogP contribution in [0.2, 0.25) is 0 Å². The zero-order valence-corrected chi connectivity index (χ0v) is 17.0. The van der Waals surface area contributed by atoms with Crippen LogP contribution in [-0.2, 0) is 4.79 Å². The average molecular weight is 388 g/mol. The lowest BCUT2D eigenvalue weighted by molar-refractivity contribution is -0.131. The van der Waals surface area contributed by atoms with Gasteiger partial charge < -0.3 is 14.7 Å². The smallest absolute Gasteiger partial charge is 0.233 e. The predicted octanol–water partition coefficient (Wildman–Crippen LogP) is 4.38. The van der Waals surface area contributed by atoms with E-state index < -0.39 is 5.60 Å². The number of aliphatic hydroxyl groups is 1. The predicted molar refractivity (Wildman–Crippen MR) is 110 cm³/mol. The Morgan fingerprint density at radius 3 is 2.44 bits per heavy atom. The molecule has 1 saturated carbocycles. The lowest BCUT2D eigenvalue weighted by Crippen LogP contribution is -2.47. The summed E-state index contributed by atoms with van der Waals surface area (Å²) in [6.07, 6.45) is 6.21. The molecule has 2 aliphatic heterocycles. The van der Waals surface area contributed by atoms with Gasteiger partial charge in [-0.05, 0) is 75.6 Å². The molecule has 2 fully saturated rings. The summed E-state index contributed by atoms with van der Waals surface area (Å²) in [5.41, 5.74) is 0.0350. The Hall–Kier alpha value is -1.46. The van der Waals surface area contributed by atoms with E-state index in [1.165, 1.54) is 0 Å². The summed E-state index contributed by atoms with van der Waals surface area (Å²) in [5, 5.41) is 13.2. The molecule has 1 aromatic rings. The van der Waals surface area contributed by atoms with Gasteiger partial charge in [-0.2, -0.15) is 0 Å². The molecule has 3 aliphatic rings. The molecule has 0 bridgehead atoms. The molecular formula is C22H29NO3S. The highest BCUT2D eigenvalue weighted by Gasteiger charge is 2.53. The number of anilines is 1. The summed E-state index contributed by atoms with van der Waals surface area (Å²) < 4.78 is 5.70. The van der Waals surface area contributed by atoms with Gasteiger partial charge in [0.05, 0.1) is 17.1 Å². The van der Waals surface area contributed by atoms with Crippen LogP contribution in [0.5, 0.6) is 5.75 Å². The van der Waals surface area contributed by atoms with Crippen LogP contribution < -0.4 is 9.64 Å². The molecule has 1 unspecified atom stereocenters. The number of carbonyl (C=O) groups is 1. The minimum Gasteiger partial charge on any atom is -0.491 e. The van der Waals surface area contributed by atoms with Crippen LogP contribution in [0.15, 0.2) is 35.7 Å². The lowest BCUT2D eigenvalue weighted by Gasteiger charge is -2.43. The first-order valence-corrected chi connectivity index (χ1v) is 11.1. The second-order valence-electron chi connectivity index (χ2n) is 8.52. The first-order chi connectivity index (χ1) is 12.9. The summed E-state index contributed by atoms with van der Waals surface area (Å²) in [6.45, 7) is 4.78. The lowest BCUT2D eigenvalue weighted by atomic mass is 9.64. The van der Waals surface area contributed by atoms with E-state index in [1.807, 2.05) is 43.0 Å². The van der Waals surface area contributed by atoms with Gasteiger partial charge in [0.1, 0.15) is 5.75 Å². The van der Waals surface area contributed by atoms with Crippen molar-refractivity contribution < 1.29 is 14.6 Å².